The molecule has 0 saturated heterocycles. The number of amidine groups is 1. The molecule has 1 aromatic rings. The van der Waals surface area contributed by atoms with Gasteiger partial charge in [-0.1, -0.05) is 0 Å². The van der Waals surface area contributed by atoms with E-state index in [1.807, 2.05) is 0 Å². The minimum Gasteiger partial charge on any atom is -0.463 e. The smallest absolute Gasteiger partial charge is 0.239 e. The van der Waals surface area contributed by atoms with Gasteiger partial charge < -0.3 is 10.2 Å². The van der Waals surface area contributed by atoms with Crippen LogP contribution in [0.5, 0.6) is 0 Å². The quantitative estimate of drug-likeness (QED) is 0.371. The molecule has 3 N–H and O–H groups in total. The molecule has 1 heterocycles. The molecule has 8 nitrogen and oxygen atoms in total. The van der Waals surface area contributed by atoms with Crippen molar-refractivity contribution in [1.29, 1.82) is 21.2 Å². The first kappa shape index (κ1) is 16.7. The fraction of sp³-hybridized carbons (Fsp3) is 0.154. The molecule has 0 atom stereocenters. The van der Waals surface area contributed by atoms with Gasteiger partial charge in [0.15, 0.2) is 5.17 Å². The second-order valence-corrected chi connectivity index (χ2v) is 4.95. The average Bonchev–Trinajstić information content (AvgIpc) is 3.07. The average molecular weight is 311 g/mol. The lowest BCUT2D eigenvalue weighted by Crippen LogP contribution is -2.27. The third-order valence-electron chi connectivity index (χ3n) is 2.34. The molecule has 0 aliphatic carbocycles. The predicted octanol–water partition coefficient (Wildman–Crippen LogP) is 1.54. The Hall–Kier alpha value is -3.31. The van der Waals surface area contributed by atoms with Gasteiger partial charge in [-0.25, -0.2) is 0 Å². The first-order valence-electron chi connectivity index (χ1n) is 5.66. The van der Waals surface area contributed by atoms with Crippen molar-refractivity contribution in [3.05, 3.63) is 29.7 Å². The Balaban J connectivity index is 3.07. The van der Waals surface area contributed by atoms with Crippen molar-refractivity contribution in [3.63, 3.8) is 0 Å². The lowest BCUT2D eigenvalue weighted by Gasteiger charge is -2.13. The van der Waals surface area contributed by atoms with E-state index in [-0.39, 0.29) is 5.17 Å². The molecule has 0 amide bonds. The number of furan rings is 1. The molecule has 9 heteroatoms. The summed E-state index contributed by atoms with van der Waals surface area (Å²) in [7, 11) is 0. The summed E-state index contributed by atoms with van der Waals surface area (Å²) >= 11 is 0.514. The number of hydrogen-bond acceptors (Lipinski definition) is 8. The molecule has 0 saturated carbocycles. The summed E-state index contributed by atoms with van der Waals surface area (Å²) in [5.41, 5.74) is 5.60. The molecule has 108 valence electrons. The zero-order valence-electron chi connectivity index (χ0n) is 11.4. The van der Waals surface area contributed by atoms with E-state index in [0.717, 1.165) is 0 Å². The van der Waals surface area contributed by atoms with Crippen LogP contribution in [0.2, 0.25) is 0 Å². The first-order valence-corrected chi connectivity index (χ1v) is 6.48. The monoisotopic (exact) mass is 311 g/mol. The molecule has 1 rings (SSSR count). The lowest BCUT2D eigenvalue weighted by atomic mass is 10.0. The SMILES string of the molecule is C/C(=N\N=C(\N)SC(C#N)(C#N)C(=C=N)C#N)c1ccco1. The maximum atomic E-state index is 9.14. The van der Waals surface area contributed by atoms with E-state index >= 15 is 0 Å². The number of nitrogens with one attached hydrogen (secondary N) is 1. The van der Waals surface area contributed by atoms with Crippen LogP contribution < -0.4 is 5.73 Å². The highest BCUT2D eigenvalue weighted by Gasteiger charge is 2.38. The van der Waals surface area contributed by atoms with Crippen molar-refractivity contribution in [2.75, 3.05) is 0 Å². The van der Waals surface area contributed by atoms with Crippen molar-refractivity contribution >= 4 is 28.5 Å². The lowest BCUT2D eigenvalue weighted by molar-refractivity contribution is 0.557. The highest BCUT2D eigenvalue weighted by atomic mass is 32.2. The summed E-state index contributed by atoms with van der Waals surface area (Å²) in [6.45, 7) is 1.64. The number of rotatable bonds is 4. The zero-order chi connectivity index (χ0) is 16.6. The molecule has 0 unspecified atom stereocenters. The summed E-state index contributed by atoms with van der Waals surface area (Å²) < 4.78 is 3.12. The number of nitriles is 3. The zero-order valence-corrected chi connectivity index (χ0v) is 12.2. The van der Waals surface area contributed by atoms with Gasteiger partial charge in [-0.3, -0.25) is 5.41 Å². The van der Waals surface area contributed by atoms with Crippen LogP contribution in [0.25, 0.3) is 0 Å². The third kappa shape index (κ3) is 3.62. The third-order valence-corrected chi connectivity index (χ3v) is 3.32. The van der Waals surface area contributed by atoms with Gasteiger partial charge in [0.2, 0.25) is 4.75 Å². The number of nitrogens with two attached hydrogens (primary N) is 1. The Labute approximate surface area is 130 Å². The van der Waals surface area contributed by atoms with E-state index in [4.69, 9.17) is 31.3 Å². The van der Waals surface area contributed by atoms with Crippen LogP contribution in [0.4, 0.5) is 0 Å². The van der Waals surface area contributed by atoms with Crippen molar-refractivity contribution in [1.82, 2.24) is 0 Å². The van der Waals surface area contributed by atoms with Gasteiger partial charge in [-0.15, -0.1) is 10.2 Å². The molecule has 0 aliphatic rings. The molecule has 0 spiro atoms. The van der Waals surface area contributed by atoms with E-state index in [9.17, 15) is 0 Å². The Kier molecular flexibility index (Phi) is 5.68. The topological polar surface area (TPSA) is 159 Å². The van der Waals surface area contributed by atoms with Crippen LogP contribution >= 0.6 is 11.8 Å². The number of thioether (sulfide) groups is 1. The minimum atomic E-state index is -1.99. The molecule has 0 aromatic carbocycles. The molecular formula is C13H9N7OS. The van der Waals surface area contributed by atoms with Crippen LogP contribution in [-0.2, 0) is 0 Å². The van der Waals surface area contributed by atoms with Crippen LogP contribution in [-0.4, -0.2) is 21.5 Å². The Morgan fingerprint density at radius 3 is 2.50 bits per heavy atom. The Morgan fingerprint density at radius 2 is 2.05 bits per heavy atom. The molecule has 0 aliphatic heterocycles. The predicted molar refractivity (Wildman–Crippen MR) is 80.9 cm³/mol. The highest BCUT2D eigenvalue weighted by molar-refractivity contribution is 8.15. The molecule has 0 bridgehead atoms. The van der Waals surface area contributed by atoms with Crippen molar-refractivity contribution in [2.24, 2.45) is 15.9 Å². The number of nitrogens with zero attached hydrogens (tertiary/aromatic N) is 5. The number of hydrogen-bond donors (Lipinski definition) is 2. The van der Waals surface area contributed by atoms with Gasteiger partial charge in [0.05, 0.1) is 6.26 Å². The molecule has 22 heavy (non-hydrogen) atoms. The minimum absolute atomic E-state index is 0.211. The van der Waals surface area contributed by atoms with Gasteiger partial charge in [0, 0.05) is 0 Å². The van der Waals surface area contributed by atoms with Crippen molar-refractivity contribution in [2.45, 2.75) is 11.7 Å². The molecule has 0 fully saturated rings. The van der Waals surface area contributed by atoms with Gasteiger partial charge in [-0.05, 0) is 36.7 Å². The summed E-state index contributed by atoms with van der Waals surface area (Å²) in [6.07, 6.45) is 1.47. The fourth-order valence-electron chi connectivity index (χ4n) is 1.26. The van der Waals surface area contributed by atoms with Crippen molar-refractivity contribution in [3.8, 4) is 18.2 Å². The van der Waals surface area contributed by atoms with Crippen LogP contribution in [0.3, 0.4) is 0 Å². The van der Waals surface area contributed by atoms with Crippen molar-refractivity contribution < 1.29 is 4.42 Å². The van der Waals surface area contributed by atoms with Crippen LogP contribution in [0, 0.1) is 39.4 Å². The second-order valence-electron chi connectivity index (χ2n) is 3.72. The molecule has 0 radical (unpaired) electrons. The van der Waals surface area contributed by atoms with Crippen LogP contribution in [0.1, 0.15) is 12.7 Å². The Morgan fingerprint density at radius 1 is 1.36 bits per heavy atom. The normalized spacial score (nSPS) is 11.7. The summed E-state index contributed by atoms with van der Waals surface area (Å²) in [5, 5.41) is 41.4. The van der Waals surface area contributed by atoms with E-state index in [1.54, 1.807) is 43.1 Å². The summed E-state index contributed by atoms with van der Waals surface area (Å²) in [5.74, 6) is 2.26. The maximum absolute atomic E-state index is 9.14. The highest BCUT2D eigenvalue weighted by Crippen LogP contribution is 2.30. The second kappa shape index (κ2) is 7.47. The van der Waals surface area contributed by atoms with Gasteiger partial charge in [0.25, 0.3) is 0 Å². The maximum Gasteiger partial charge on any atom is 0.239 e. The van der Waals surface area contributed by atoms with E-state index in [1.165, 1.54) is 6.26 Å². The van der Waals surface area contributed by atoms with Gasteiger partial charge in [-0.2, -0.15) is 15.8 Å². The largest absolute Gasteiger partial charge is 0.463 e. The summed E-state index contributed by atoms with van der Waals surface area (Å²) in [4.78, 5) is 0. The van der Waals surface area contributed by atoms with Crippen LogP contribution in [0.15, 0.2) is 38.6 Å². The summed E-state index contributed by atoms with van der Waals surface area (Å²) in [6, 6.07) is 8.23. The standard InChI is InChI=1S/C13H9N7OS/c1-9(11-3-2-4-21-11)19-20-12(18)22-13(7-16,8-17)10(5-14)6-15/h2-4,14H,1H3,(H2,18,20)/b19-9+. The first-order chi connectivity index (χ1) is 10.5. The molecule has 1 aromatic heterocycles. The fourth-order valence-corrected chi connectivity index (χ4v) is 1.95. The van der Waals surface area contributed by atoms with Gasteiger partial charge in [0.1, 0.15) is 35.3 Å². The van der Waals surface area contributed by atoms with E-state index in [2.05, 4.69) is 10.2 Å². The van der Waals surface area contributed by atoms with E-state index in [0.29, 0.717) is 23.2 Å². The van der Waals surface area contributed by atoms with Gasteiger partial charge >= 0.3 is 0 Å². The Bertz CT molecular complexity index is 766. The van der Waals surface area contributed by atoms with E-state index < -0.39 is 10.3 Å². The molecular weight excluding hydrogens is 302 g/mol.